The van der Waals surface area contributed by atoms with Crippen molar-refractivity contribution in [3.8, 4) is 0 Å². The van der Waals surface area contributed by atoms with E-state index < -0.39 is 11.6 Å². The second kappa shape index (κ2) is 10.2. The number of carbonyl (C=O) groups is 1. The molecule has 190 valence electrons. The summed E-state index contributed by atoms with van der Waals surface area (Å²) in [6.07, 6.45) is 5.94. The number of thioether (sulfide) groups is 1. The van der Waals surface area contributed by atoms with Gasteiger partial charge in [0.1, 0.15) is 16.3 Å². The van der Waals surface area contributed by atoms with E-state index >= 15 is 0 Å². The molecule has 1 fully saturated rings. The van der Waals surface area contributed by atoms with Gasteiger partial charge in [-0.2, -0.15) is 0 Å². The van der Waals surface area contributed by atoms with Crippen molar-refractivity contribution in [1.82, 2.24) is 0 Å². The molecule has 0 saturated heterocycles. The molecule has 4 rings (SSSR count). The average Bonchev–Trinajstić information content (AvgIpc) is 3.48. The normalized spacial score (nSPS) is 21.6. The molecule has 35 heavy (non-hydrogen) atoms. The van der Waals surface area contributed by atoms with E-state index in [9.17, 15) is 15.0 Å². The molecular formula is C28H37NO4S2. The van der Waals surface area contributed by atoms with Gasteiger partial charge >= 0.3 is 5.97 Å². The van der Waals surface area contributed by atoms with Crippen LogP contribution in [0.1, 0.15) is 80.9 Å². The molecule has 0 bridgehead atoms. The Morgan fingerprint density at radius 1 is 1.26 bits per heavy atom. The summed E-state index contributed by atoms with van der Waals surface area (Å²) < 4.78 is 6.30. The molecule has 1 atom stereocenters. The topological polar surface area (TPSA) is 92.8 Å². The predicted octanol–water partition coefficient (Wildman–Crippen LogP) is 6.80. The molecule has 1 aromatic carbocycles. The van der Waals surface area contributed by atoms with Crippen LogP contribution in [-0.2, 0) is 28.0 Å². The van der Waals surface area contributed by atoms with E-state index in [0.717, 1.165) is 57.8 Å². The van der Waals surface area contributed by atoms with Gasteiger partial charge in [0.2, 0.25) is 0 Å². The highest BCUT2D eigenvalue weighted by molar-refractivity contribution is 8.04. The number of carbonyl (C=O) groups excluding carboxylic acids is 1. The number of rotatable bonds is 7. The summed E-state index contributed by atoms with van der Waals surface area (Å²) in [4.78, 5) is 15.6. The molecule has 2 aliphatic rings. The maximum Gasteiger partial charge on any atom is 0.349 e. The monoisotopic (exact) mass is 515 g/mol. The predicted molar refractivity (Wildman–Crippen MR) is 144 cm³/mol. The number of esters is 1. The average molecular weight is 516 g/mol. The summed E-state index contributed by atoms with van der Waals surface area (Å²) in [5, 5.41) is 22.9. The van der Waals surface area contributed by atoms with Crippen LogP contribution < -0.4 is 5.73 Å². The number of nitrogens with two attached hydrogens (primary N) is 1. The number of aliphatic hydroxyl groups excluding tert-OH is 2. The van der Waals surface area contributed by atoms with Crippen LogP contribution in [0.5, 0.6) is 0 Å². The van der Waals surface area contributed by atoms with E-state index in [-0.39, 0.29) is 28.6 Å². The van der Waals surface area contributed by atoms with Gasteiger partial charge in [-0.15, -0.1) is 11.3 Å². The van der Waals surface area contributed by atoms with Crippen molar-refractivity contribution >= 4 is 34.8 Å². The number of aryl methyl sites for hydroxylation is 2. The molecular weight excluding hydrogens is 478 g/mol. The van der Waals surface area contributed by atoms with E-state index in [0.29, 0.717) is 19.3 Å². The number of hydrogen-bond acceptors (Lipinski definition) is 7. The van der Waals surface area contributed by atoms with Gasteiger partial charge < -0.3 is 20.7 Å². The van der Waals surface area contributed by atoms with E-state index in [1.807, 2.05) is 30.5 Å². The van der Waals surface area contributed by atoms with Gasteiger partial charge in [0.05, 0.1) is 6.61 Å². The Balaban J connectivity index is 1.65. The lowest BCUT2D eigenvalue weighted by Gasteiger charge is -2.41. The Hall–Kier alpha value is -1.96. The van der Waals surface area contributed by atoms with Gasteiger partial charge in [0.25, 0.3) is 0 Å². The molecule has 4 N–H and O–H groups in total. The molecule has 2 heterocycles. The molecule has 5 nitrogen and oxygen atoms in total. The number of aliphatic hydroxyl groups is 2. The Morgan fingerprint density at radius 2 is 1.97 bits per heavy atom. The summed E-state index contributed by atoms with van der Waals surface area (Å²) in [7, 11) is 0. The molecule has 7 heteroatoms. The number of ether oxygens (including phenoxy) is 1. The van der Waals surface area contributed by atoms with E-state index in [2.05, 4.69) is 20.8 Å². The summed E-state index contributed by atoms with van der Waals surface area (Å²) in [5.74, 6) is -0.0758. The first-order valence-corrected chi connectivity index (χ1v) is 14.1. The Bertz CT molecular complexity index is 1120. The fourth-order valence-corrected chi connectivity index (χ4v) is 7.46. The van der Waals surface area contributed by atoms with E-state index in [4.69, 9.17) is 10.5 Å². The Kier molecular flexibility index (Phi) is 7.60. The van der Waals surface area contributed by atoms with Crippen molar-refractivity contribution in [3.63, 3.8) is 0 Å². The molecule has 0 radical (unpaired) electrons. The van der Waals surface area contributed by atoms with Gasteiger partial charge in [-0.25, -0.2) is 4.79 Å². The third kappa shape index (κ3) is 5.42. The lowest BCUT2D eigenvalue weighted by atomic mass is 9.77. The Morgan fingerprint density at radius 3 is 2.60 bits per heavy atom. The van der Waals surface area contributed by atoms with Crippen LogP contribution in [0.4, 0.5) is 5.69 Å². The summed E-state index contributed by atoms with van der Waals surface area (Å²) >= 11 is 2.84. The standard InChI is InChI=1S/C28H37NO4S2/c1-17-13-23(20(14-21(17)29)27(2,3)4)35-25-22(31)15-28(33-26(25)32,19-7-5-6-8-19)11-9-18-10-12-34-24(18)16-30/h10,12-14,19,30-31H,5-9,11,15-16,29H2,1-4H3. The lowest BCUT2D eigenvalue weighted by Crippen LogP contribution is -2.45. The molecule has 1 aliphatic heterocycles. The minimum absolute atomic E-state index is 0.0201. The summed E-state index contributed by atoms with van der Waals surface area (Å²) in [6, 6.07) is 6.02. The second-order valence-electron chi connectivity index (χ2n) is 11.0. The zero-order chi connectivity index (χ0) is 25.4. The van der Waals surface area contributed by atoms with Crippen molar-refractivity contribution in [2.24, 2.45) is 5.92 Å². The first kappa shape index (κ1) is 26.1. The van der Waals surface area contributed by atoms with E-state index in [1.165, 1.54) is 11.8 Å². The third-order valence-electron chi connectivity index (χ3n) is 7.50. The summed E-state index contributed by atoms with van der Waals surface area (Å²) in [6.45, 7) is 8.32. The lowest BCUT2D eigenvalue weighted by molar-refractivity contribution is -0.166. The van der Waals surface area contributed by atoms with Crippen molar-refractivity contribution in [2.75, 3.05) is 5.73 Å². The SMILES string of the molecule is Cc1cc(SC2=C(O)CC(CCc3ccsc3CO)(C3CCCC3)OC2=O)c(C(C)(C)C)cc1N. The molecule has 1 aliphatic carbocycles. The van der Waals surface area contributed by atoms with Crippen LogP contribution in [0.3, 0.4) is 0 Å². The van der Waals surface area contributed by atoms with Gasteiger partial charge in [-0.3, -0.25) is 0 Å². The minimum Gasteiger partial charge on any atom is -0.511 e. The van der Waals surface area contributed by atoms with Crippen LogP contribution in [0, 0.1) is 12.8 Å². The fraction of sp³-hybridized carbons (Fsp3) is 0.536. The van der Waals surface area contributed by atoms with Crippen LogP contribution in [0.2, 0.25) is 0 Å². The zero-order valence-electron chi connectivity index (χ0n) is 21.1. The maximum atomic E-state index is 13.5. The Labute approximate surface area is 216 Å². The number of benzene rings is 1. The van der Waals surface area contributed by atoms with Gasteiger partial charge in [0.15, 0.2) is 0 Å². The first-order chi connectivity index (χ1) is 16.5. The second-order valence-corrected chi connectivity index (χ2v) is 13.0. The van der Waals surface area contributed by atoms with Gasteiger partial charge in [-0.05, 0) is 84.2 Å². The molecule has 1 aromatic heterocycles. The smallest absolute Gasteiger partial charge is 0.349 e. The largest absolute Gasteiger partial charge is 0.511 e. The highest BCUT2D eigenvalue weighted by Gasteiger charge is 2.48. The van der Waals surface area contributed by atoms with Crippen LogP contribution in [-0.4, -0.2) is 21.8 Å². The molecule has 0 spiro atoms. The van der Waals surface area contributed by atoms with Crippen molar-refractivity contribution in [3.05, 3.63) is 55.8 Å². The molecule has 2 aromatic rings. The van der Waals surface area contributed by atoms with Crippen LogP contribution in [0.15, 0.2) is 39.1 Å². The zero-order valence-corrected chi connectivity index (χ0v) is 22.8. The molecule has 1 saturated carbocycles. The first-order valence-electron chi connectivity index (χ1n) is 12.4. The highest BCUT2D eigenvalue weighted by atomic mass is 32.2. The van der Waals surface area contributed by atoms with Gasteiger partial charge in [0, 0.05) is 21.9 Å². The van der Waals surface area contributed by atoms with Crippen molar-refractivity contribution in [2.45, 2.75) is 95.2 Å². The van der Waals surface area contributed by atoms with Crippen LogP contribution >= 0.6 is 23.1 Å². The fourth-order valence-electron chi connectivity index (χ4n) is 5.43. The quantitative estimate of drug-likeness (QED) is 0.277. The minimum atomic E-state index is -0.708. The maximum absolute atomic E-state index is 13.5. The summed E-state index contributed by atoms with van der Waals surface area (Å²) in [5.41, 5.74) is 9.13. The number of thiophene rings is 1. The van der Waals surface area contributed by atoms with Crippen molar-refractivity contribution < 1.29 is 19.7 Å². The highest BCUT2D eigenvalue weighted by Crippen LogP contribution is 2.49. The molecule has 0 amide bonds. The van der Waals surface area contributed by atoms with Crippen molar-refractivity contribution in [1.29, 1.82) is 0 Å². The number of hydrogen-bond donors (Lipinski definition) is 3. The van der Waals surface area contributed by atoms with Crippen LogP contribution in [0.25, 0.3) is 0 Å². The molecule has 1 unspecified atom stereocenters. The number of nitrogen functional groups attached to an aromatic ring is 1. The third-order valence-corrected chi connectivity index (χ3v) is 9.61. The number of cyclic esters (lactones) is 1. The number of anilines is 1. The van der Waals surface area contributed by atoms with E-state index in [1.54, 1.807) is 11.3 Å². The van der Waals surface area contributed by atoms with Gasteiger partial charge in [-0.1, -0.05) is 45.4 Å².